The zero-order chi connectivity index (χ0) is 19.4. The third-order valence-corrected chi connectivity index (χ3v) is 4.83. The average molecular weight is 364 g/mol. The summed E-state index contributed by atoms with van der Waals surface area (Å²) in [6.45, 7) is 10.9. The monoisotopic (exact) mass is 364 g/mol. The molecule has 0 atom stereocenters. The third-order valence-electron chi connectivity index (χ3n) is 4.83. The van der Waals surface area contributed by atoms with E-state index in [1.165, 1.54) is 64.0 Å². The Balaban J connectivity index is 0.000000487. The van der Waals surface area contributed by atoms with Gasteiger partial charge < -0.3 is 15.1 Å². The van der Waals surface area contributed by atoms with Gasteiger partial charge in [0, 0.05) is 32.2 Å². The van der Waals surface area contributed by atoms with Gasteiger partial charge in [0.25, 0.3) is 0 Å². The molecule has 26 heavy (non-hydrogen) atoms. The minimum Gasteiger partial charge on any atom is -0.473 e. The summed E-state index contributed by atoms with van der Waals surface area (Å²) in [6.07, 6.45) is 5.09. The SMILES string of the molecule is CCC(CC)N1CCN(CCCc2ccccc2)CC1.O=C(O)C(=O)O. The van der Waals surface area contributed by atoms with Crippen molar-refractivity contribution in [2.75, 3.05) is 32.7 Å². The first kappa shape index (κ1) is 22.1. The molecule has 146 valence electrons. The van der Waals surface area contributed by atoms with Gasteiger partial charge in [0.1, 0.15) is 0 Å². The predicted octanol–water partition coefficient (Wildman–Crippen LogP) is 2.58. The first-order chi connectivity index (χ1) is 12.5. The van der Waals surface area contributed by atoms with Gasteiger partial charge in [-0.3, -0.25) is 4.90 Å². The Morgan fingerprint density at radius 1 is 0.962 bits per heavy atom. The molecule has 0 spiro atoms. The molecular weight excluding hydrogens is 332 g/mol. The van der Waals surface area contributed by atoms with Crippen LogP contribution in [0.2, 0.25) is 0 Å². The molecule has 0 bridgehead atoms. The van der Waals surface area contributed by atoms with Crippen molar-refractivity contribution in [3.63, 3.8) is 0 Å². The van der Waals surface area contributed by atoms with Crippen molar-refractivity contribution in [2.45, 2.75) is 45.6 Å². The number of nitrogens with zero attached hydrogens (tertiary/aromatic N) is 2. The van der Waals surface area contributed by atoms with Crippen molar-refractivity contribution in [2.24, 2.45) is 0 Å². The average Bonchev–Trinajstić information content (AvgIpc) is 2.65. The molecular formula is C20H32N2O4. The molecule has 1 aromatic carbocycles. The van der Waals surface area contributed by atoms with E-state index < -0.39 is 11.9 Å². The highest BCUT2D eigenvalue weighted by atomic mass is 16.4. The summed E-state index contributed by atoms with van der Waals surface area (Å²) in [5.41, 5.74) is 1.48. The van der Waals surface area contributed by atoms with E-state index in [4.69, 9.17) is 19.8 Å². The fourth-order valence-electron chi connectivity index (χ4n) is 3.31. The quantitative estimate of drug-likeness (QED) is 0.724. The maximum Gasteiger partial charge on any atom is 0.414 e. The molecule has 1 aliphatic rings. The molecule has 0 aliphatic carbocycles. The van der Waals surface area contributed by atoms with Gasteiger partial charge in [-0.05, 0) is 37.8 Å². The highest BCUT2D eigenvalue weighted by Crippen LogP contribution is 2.12. The predicted molar refractivity (Wildman–Crippen MR) is 102 cm³/mol. The van der Waals surface area contributed by atoms with E-state index in [2.05, 4.69) is 54.0 Å². The van der Waals surface area contributed by atoms with Gasteiger partial charge in [-0.1, -0.05) is 44.2 Å². The van der Waals surface area contributed by atoms with E-state index in [1.54, 1.807) is 0 Å². The van der Waals surface area contributed by atoms with Crippen LogP contribution >= 0.6 is 0 Å². The van der Waals surface area contributed by atoms with Crippen LogP contribution in [-0.4, -0.2) is 70.7 Å². The lowest BCUT2D eigenvalue weighted by atomic mass is 10.1. The van der Waals surface area contributed by atoms with Crippen molar-refractivity contribution in [3.05, 3.63) is 35.9 Å². The minimum absolute atomic E-state index is 0.807. The van der Waals surface area contributed by atoms with E-state index in [0.29, 0.717) is 0 Å². The molecule has 6 heteroatoms. The first-order valence-corrected chi connectivity index (χ1v) is 9.44. The van der Waals surface area contributed by atoms with Crippen LogP contribution in [0.1, 0.15) is 38.7 Å². The lowest BCUT2D eigenvalue weighted by Crippen LogP contribution is -2.50. The Kier molecular flexibility index (Phi) is 10.6. The molecule has 0 radical (unpaired) electrons. The molecule has 1 heterocycles. The van der Waals surface area contributed by atoms with E-state index in [9.17, 15) is 0 Å². The lowest BCUT2D eigenvalue weighted by molar-refractivity contribution is -0.159. The molecule has 0 amide bonds. The third kappa shape index (κ3) is 8.45. The summed E-state index contributed by atoms with van der Waals surface area (Å²) in [6, 6.07) is 11.7. The Morgan fingerprint density at radius 2 is 1.50 bits per heavy atom. The summed E-state index contributed by atoms with van der Waals surface area (Å²) in [5.74, 6) is -3.65. The Morgan fingerprint density at radius 3 is 1.96 bits per heavy atom. The van der Waals surface area contributed by atoms with Crippen molar-refractivity contribution in [1.82, 2.24) is 9.80 Å². The van der Waals surface area contributed by atoms with Gasteiger partial charge in [-0.15, -0.1) is 0 Å². The Bertz CT molecular complexity index is 512. The second-order valence-electron chi connectivity index (χ2n) is 6.55. The molecule has 2 rings (SSSR count). The van der Waals surface area contributed by atoms with E-state index >= 15 is 0 Å². The van der Waals surface area contributed by atoms with E-state index in [0.717, 1.165) is 6.04 Å². The molecule has 1 saturated heterocycles. The van der Waals surface area contributed by atoms with Crippen molar-refractivity contribution in [1.29, 1.82) is 0 Å². The Hall–Kier alpha value is -1.92. The maximum absolute atomic E-state index is 9.10. The maximum atomic E-state index is 9.10. The standard InChI is InChI=1S/C18H30N2.C2H2O4/c1-3-18(4-2)20-15-13-19(14-16-20)12-8-11-17-9-6-5-7-10-17;3-1(4)2(5)6/h5-7,9-10,18H,3-4,8,11-16H2,1-2H3;(H,3,4)(H,5,6). The number of aryl methyl sites for hydroxylation is 1. The largest absolute Gasteiger partial charge is 0.473 e. The number of carboxylic acids is 2. The van der Waals surface area contributed by atoms with Crippen LogP contribution in [0, 0.1) is 0 Å². The summed E-state index contributed by atoms with van der Waals surface area (Å²) in [4.78, 5) is 23.5. The second-order valence-corrected chi connectivity index (χ2v) is 6.55. The summed E-state index contributed by atoms with van der Waals surface area (Å²) in [7, 11) is 0. The summed E-state index contributed by atoms with van der Waals surface area (Å²) >= 11 is 0. The van der Waals surface area contributed by atoms with Gasteiger partial charge in [-0.2, -0.15) is 0 Å². The smallest absolute Gasteiger partial charge is 0.414 e. The molecule has 1 aliphatic heterocycles. The number of benzene rings is 1. The van der Waals surface area contributed by atoms with Crippen molar-refractivity contribution >= 4 is 11.9 Å². The van der Waals surface area contributed by atoms with Gasteiger partial charge in [0.2, 0.25) is 0 Å². The second kappa shape index (κ2) is 12.4. The minimum atomic E-state index is -1.82. The van der Waals surface area contributed by atoms with Crippen LogP contribution in [0.3, 0.4) is 0 Å². The van der Waals surface area contributed by atoms with Crippen LogP contribution in [0.15, 0.2) is 30.3 Å². The van der Waals surface area contributed by atoms with Crippen LogP contribution in [0.4, 0.5) is 0 Å². The van der Waals surface area contributed by atoms with Crippen LogP contribution in [0.25, 0.3) is 0 Å². The lowest BCUT2D eigenvalue weighted by Gasteiger charge is -2.38. The normalized spacial score (nSPS) is 15.3. The molecule has 1 aromatic rings. The molecule has 6 nitrogen and oxygen atoms in total. The number of carbonyl (C=O) groups is 2. The summed E-state index contributed by atoms with van der Waals surface area (Å²) < 4.78 is 0. The number of rotatable bonds is 7. The topological polar surface area (TPSA) is 81.1 Å². The number of piperazine rings is 1. The molecule has 1 fully saturated rings. The van der Waals surface area contributed by atoms with Crippen LogP contribution < -0.4 is 0 Å². The number of carboxylic acid groups (broad SMARTS) is 2. The van der Waals surface area contributed by atoms with Crippen molar-refractivity contribution < 1.29 is 19.8 Å². The highest BCUT2D eigenvalue weighted by molar-refractivity contribution is 6.27. The molecule has 0 saturated carbocycles. The highest BCUT2D eigenvalue weighted by Gasteiger charge is 2.21. The van der Waals surface area contributed by atoms with Gasteiger partial charge >= 0.3 is 11.9 Å². The summed E-state index contributed by atoms with van der Waals surface area (Å²) in [5, 5.41) is 14.8. The van der Waals surface area contributed by atoms with E-state index in [1.807, 2.05) is 0 Å². The van der Waals surface area contributed by atoms with Crippen LogP contribution in [0.5, 0.6) is 0 Å². The van der Waals surface area contributed by atoms with Gasteiger partial charge in [-0.25, -0.2) is 9.59 Å². The van der Waals surface area contributed by atoms with Gasteiger partial charge in [0.15, 0.2) is 0 Å². The molecule has 0 aromatic heterocycles. The van der Waals surface area contributed by atoms with Crippen LogP contribution in [-0.2, 0) is 16.0 Å². The van der Waals surface area contributed by atoms with Crippen molar-refractivity contribution in [3.8, 4) is 0 Å². The number of hydrogen-bond donors (Lipinski definition) is 2. The van der Waals surface area contributed by atoms with Gasteiger partial charge in [0.05, 0.1) is 0 Å². The zero-order valence-corrected chi connectivity index (χ0v) is 15.9. The zero-order valence-electron chi connectivity index (χ0n) is 15.9. The molecule has 2 N–H and O–H groups in total. The molecule has 0 unspecified atom stereocenters. The Labute approximate surface area is 156 Å². The number of hydrogen-bond acceptors (Lipinski definition) is 4. The fraction of sp³-hybridized carbons (Fsp3) is 0.600. The van der Waals surface area contributed by atoms with E-state index in [-0.39, 0.29) is 0 Å². The number of aliphatic carboxylic acids is 2. The first-order valence-electron chi connectivity index (χ1n) is 9.44. The fourth-order valence-corrected chi connectivity index (χ4v) is 3.31.